The minimum Gasteiger partial charge on any atom is -0.497 e. The molecule has 0 bridgehead atoms. The average Bonchev–Trinajstić information content (AvgIpc) is 2.36. The Hall–Kier alpha value is -1.06. The van der Waals surface area contributed by atoms with Crippen LogP contribution in [0.3, 0.4) is 0 Å². The normalized spacial score (nSPS) is 23.0. The van der Waals surface area contributed by atoms with Gasteiger partial charge in [-0.05, 0) is 63.3 Å². The van der Waals surface area contributed by atoms with E-state index in [0.717, 1.165) is 30.6 Å². The minimum atomic E-state index is -0.782. The van der Waals surface area contributed by atoms with Crippen molar-refractivity contribution >= 4 is 0 Å². The summed E-state index contributed by atoms with van der Waals surface area (Å²) in [5.74, 6) is 0.815. The summed E-state index contributed by atoms with van der Waals surface area (Å²) in [5, 5.41) is 14.4. The largest absolute Gasteiger partial charge is 0.497 e. The molecule has 3 heteroatoms. The lowest BCUT2D eigenvalue weighted by molar-refractivity contribution is 0.0135. The number of rotatable bonds is 3. The molecule has 2 N–H and O–H groups in total. The third-order valence-electron chi connectivity index (χ3n) is 3.77. The van der Waals surface area contributed by atoms with Gasteiger partial charge in [0.05, 0.1) is 7.11 Å². The first-order valence-corrected chi connectivity index (χ1v) is 6.99. The first kappa shape index (κ1) is 14.4. The van der Waals surface area contributed by atoms with E-state index in [1.807, 2.05) is 12.1 Å². The van der Waals surface area contributed by atoms with E-state index in [1.165, 1.54) is 5.56 Å². The van der Waals surface area contributed by atoms with Gasteiger partial charge in [-0.15, -0.1) is 0 Å². The Morgan fingerprint density at radius 2 is 2.11 bits per heavy atom. The first-order valence-electron chi connectivity index (χ1n) is 6.99. The summed E-state index contributed by atoms with van der Waals surface area (Å²) in [5.41, 5.74) is 1.49. The lowest BCUT2D eigenvalue weighted by atomic mass is 9.78. The summed E-state index contributed by atoms with van der Waals surface area (Å²) >= 11 is 0. The van der Waals surface area contributed by atoms with E-state index in [4.69, 9.17) is 4.74 Å². The molecule has 0 amide bonds. The standard InChI is InChI=1S/C16H25NO2/c1-15(2,3)17-11-16(18)9-5-6-12-7-8-13(19-4)10-14(12)16/h7-8,10,17-18H,5-6,9,11H2,1-4H3. The van der Waals surface area contributed by atoms with Gasteiger partial charge in [-0.25, -0.2) is 0 Å². The zero-order valence-corrected chi connectivity index (χ0v) is 12.4. The Morgan fingerprint density at radius 3 is 2.74 bits per heavy atom. The van der Waals surface area contributed by atoms with Crippen molar-refractivity contribution in [1.82, 2.24) is 5.32 Å². The highest BCUT2D eigenvalue weighted by atomic mass is 16.5. The third kappa shape index (κ3) is 3.28. The van der Waals surface area contributed by atoms with Gasteiger partial charge in [-0.1, -0.05) is 6.07 Å². The Balaban J connectivity index is 2.28. The molecule has 106 valence electrons. The van der Waals surface area contributed by atoms with Gasteiger partial charge in [0.2, 0.25) is 0 Å². The molecule has 0 saturated heterocycles. The fraction of sp³-hybridized carbons (Fsp3) is 0.625. The summed E-state index contributed by atoms with van der Waals surface area (Å²) in [6.07, 6.45) is 2.87. The molecule has 0 heterocycles. The summed E-state index contributed by atoms with van der Waals surface area (Å²) in [6.45, 7) is 6.93. The zero-order chi connectivity index (χ0) is 14.1. The quantitative estimate of drug-likeness (QED) is 0.881. The maximum absolute atomic E-state index is 11.0. The zero-order valence-electron chi connectivity index (χ0n) is 12.4. The van der Waals surface area contributed by atoms with E-state index in [1.54, 1.807) is 7.11 Å². The molecule has 19 heavy (non-hydrogen) atoms. The molecule has 0 aliphatic heterocycles. The number of hydrogen-bond donors (Lipinski definition) is 2. The van der Waals surface area contributed by atoms with Crippen molar-refractivity contribution in [3.05, 3.63) is 29.3 Å². The van der Waals surface area contributed by atoms with Gasteiger partial charge in [-0.2, -0.15) is 0 Å². The van der Waals surface area contributed by atoms with Crippen molar-refractivity contribution in [2.24, 2.45) is 0 Å². The molecular formula is C16H25NO2. The van der Waals surface area contributed by atoms with Crippen molar-refractivity contribution in [1.29, 1.82) is 0 Å². The van der Waals surface area contributed by atoms with Crippen LogP contribution in [0.25, 0.3) is 0 Å². The number of hydrogen-bond acceptors (Lipinski definition) is 3. The highest BCUT2D eigenvalue weighted by Crippen LogP contribution is 2.37. The molecule has 0 radical (unpaired) electrons. The molecule has 1 atom stereocenters. The fourth-order valence-corrected chi connectivity index (χ4v) is 2.63. The summed E-state index contributed by atoms with van der Waals surface area (Å²) < 4.78 is 5.29. The van der Waals surface area contributed by atoms with Crippen molar-refractivity contribution in [3.63, 3.8) is 0 Å². The second-order valence-electron chi connectivity index (χ2n) is 6.51. The molecule has 3 nitrogen and oxygen atoms in total. The van der Waals surface area contributed by atoms with Gasteiger partial charge < -0.3 is 15.2 Å². The van der Waals surface area contributed by atoms with Gasteiger partial charge in [0.15, 0.2) is 0 Å². The van der Waals surface area contributed by atoms with E-state index >= 15 is 0 Å². The van der Waals surface area contributed by atoms with Gasteiger partial charge in [0.25, 0.3) is 0 Å². The number of methoxy groups -OCH3 is 1. The Bertz CT molecular complexity index is 451. The smallest absolute Gasteiger partial charge is 0.119 e. The molecule has 0 saturated carbocycles. The highest BCUT2D eigenvalue weighted by Gasteiger charge is 2.35. The van der Waals surface area contributed by atoms with E-state index in [2.05, 4.69) is 32.2 Å². The maximum Gasteiger partial charge on any atom is 0.119 e. The van der Waals surface area contributed by atoms with Crippen LogP contribution in [0.4, 0.5) is 0 Å². The first-order chi connectivity index (χ1) is 8.84. The number of benzene rings is 1. The summed E-state index contributed by atoms with van der Waals surface area (Å²) in [4.78, 5) is 0. The monoisotopic (exact) mass is 263 g/mol. The second kappa shape index (κ2) is 5.14. The lowest BCUT2D eigenvalue weighted by Crippen LogP contribution is -2.47. The van der Waals surface area contributed by atoms with Crippen molar-refractivity contribution in [3.8, 4) is 5.75 Å². The molecule has 2 rings (SSSR count). The van der Waals surface area contributed by atoms with Crippen molar-refractivity contribution < 1.29 is 9.84 Å². The molecule has 1 aromatic carbocycles. The number of fused-ring (bicyclic) bond motifs is 1. The van der Waals surface area contributed by atoms with E-state index < -0.39 is 5.60 Å². The van der Waals surface area contributed by atoms with Gasteiger partial charge >= 0.3 is 0 Å². The van der Waals surface area contributed by atoms with Gasteiger partial charge in [0.1, 0.15) is 11.4 Å². The number of nitrogens with one attached hydrogen (secondary N) is 1. The summed E-state index contributed by atoms with van der Waals surface area (Å²) in [6, 6.07) is 6.04. The lowest BCUT2D eigenvalue weighted by Gasteiger charge is -2.37. The predicted molar refractivity (Wildman–Crippen MR) is 77.6 cm³/mol. The molecule has 0 aromatic heterocycles. The number of aliphatic hydroxyl groups is 1. The highest BCUT2D eigenvalue weighted by molar-refractivity contribution is 5.41. The molecule has 0 spiro atoms. The minimum absolute atomic E-state index is 0.00616. The molecule has 1 aliphatic rings. The molecule has 0 fully saturated rings. The van der Waals surface area contributed by atoms with Crippen molar-refractivity contribution in [2.45, 2.75) is 51.2 Å². The predicted octanol–water partition coefficient (Wildman–Crippen LogP) is 2.61. The average molecular weight is 263 g/mol. The van der Waals surface area contributed by atoms with Crippen molar-refractivity contribution in [2.75, 3.05) is 13.7 Å². The van der Waals surface area contributed by atoms with Crippen LogP contribution in [-0.4, -0.2) is 24.3 Å². The fourth-order valence-electron chi connectivity index (χ4n) is 2.63. The van der Waals surface area contributed by atoms with Crippen LogP contribution in [0.1, 0.15) is 44.7 Å². The van der Waals surface area contributed by atoms with Crippen LogP contribution in [0, 0.1) is 0 Å². The van der Waals surface area contributed by atoms with Crippen LogP contribution in [0.2, 0.25) is 0 Å². The van der Waals surface area contributed by atoms with Crippen LogP contribution in [0.15, 0.2) is 18.2 Å². The summed E-state index contributed by atoms with van der Waals surface area (Å²) in [7, 11) is 1.66. The van der Waals surface area contributed by atoms with Gasteiger partial charge in [-0.3, -0.25) is 0 Å². The van der Waals surface area contributed by atoms with E-state index in [-0.39, 0.29) is 5.54 Å². The molecule has 1 aliphatic carbocycles. The second-order valence-corrected chi connectivity index (χ2v) is 6.51. The van der Waals surface area contributed by atoms with Crippen LogP contribution >= 0.6 is 0 Å². The topological polar surface area (TPSA) is 41.5 Å². The Kier molecular flexibility index (Phi) is 3.88. The van der Waals surface area contributed by atoms with E-state index in [0.29, 0.717) is 6.54 Å². The maximum atomic E-state index is 11.0. The molecule has 1 aromatic rings. The van der Waals surface area contributed by atoms with Gasteiger partial charge in [0, 0.05) is 12.1 Å². The van der Waals surface area contributed by atoms with Crippen LogP contribution < -0.4 is 10.1 Å². The third-order valence-corrected chi connectivity index (χ3v) is 3.77. The van der Waals surface area contributed by atoms with E-state index in [9.17, 15) is 5.11 Å². The SMILES string of the molecule is COc1ccc2c(c1)C(O)(CNC(C)(C)C)CCC2. The number of β-amino-alcohol motifs (C(OH)–C–C–N with tert-alkyl or cyclic N) is 1. The number of ether oxygens (including phenoxy) is 1. The van der Waals surface area contributed by atoms with Crippen LogP contribution in [-0.2, 0) is 12.0 Å². The Morgan fingerprint density at radius 1 is 1.37 bits per heavy atom. The van der Waals surface area contributed by atoms with Crippen LogP contribution in [0.5, 0.6) is 5.75 Å². The number of aryl methyl sites for hydroxylation is 1. The molecule has 1 unspecified atom stereocenters. The molecular weight excluding hydrogens is 238 g/mol. The Labute approximate surface area is 116 Å².